The van der Waals surface area contributed by atoms with Gasteiger partial charge in [-0.2, -0.15) is 0 Å². The number of benzene rings is 3. The number of fused-ring (bicyclic) bond motifs is 2. The lowest BCUT2D eigenvalue weighted by molar-refractivity contribution is 0.104. The highest BCUT2D eigenvalue weighted by atomic mass is 16.5. The first-order chi connectivity index (χ1) is 18.1. The quantitative estimate of drug-likeness (QED) is 0.134. The molecule has 5 rings (SSSR count). The van der Waals surface area contributed by atoms with Crippen LogP contribution in [0.2, 0.25) is 0 Å². The van der Waals surface area contributed by atoms with Gasteiger partial charge in [-0.3, -0.25) is 4.79 Å². The van der Waals surface area contributed by atoms with E-state index in [1.54, 1.807) is 37.5 Å². The molecule has 0 unspecified atom stereocenters. The van der Waals surface area contributed by atoms with Crippen LogP contribution in [0, 0.1) is 0 Å². The Balaban J connectivity index is 1.21. The predicted molar refractivity (Wildman–Crippen MR) is 149 cm³/mol. The Morgan fingerprint density at radius 2 is 1.81 bits per heavy atom. The van der Waals surface area contributed by atoms with Gasteiger partial charge in [-0.25, -0.2) is 0 Å². The van der Waals surface area contributed by atoms with Crippen molar-refractivity contribution >= 4 is 33.7 Å². The zero-order chi connectivity index (χ0) is 25.6. The molecule has 0 radical (unpaired) electrons. The van der Waals surface area contributed by atoms with Crippen LogP contribution < -0.4 is 10.1 Å². The van der Waals surface area contributed by atoms with Crippen molar-refractivity contribution in [3.05, 3.63) is 108 Å². The van der Waals surface area contributed by atoms with Crippen LogP contribution in [0.5, 0.6) is 5.75 Å². The number of H-pyrrole nitrogens is 1. The van der Waals surface area contributed by atoms with Crippen molar-refractivity contribution in [3.63, 3.8) is 0 Å². The third-order valence-electron chi connectivity index (χ3n) is 6.64. The SMILES string of the molecule is COc1ccc(C(=O)/C=C/c2cn(C[C@H](O)CNCCc3c[nH]c4ccccc34)c3ccccc23)cc1. The normalized spacial score (nSPS) is 12.5. The van der Waals surface area contributed by atoms with Gasteiger partial charge in [0.05, 0.1) is 13.2 Å². The Hall–Kier alpha value is -4.13. The average molecular weight is 494 g/mol. The second-order valence-electron chi connectivity index (χ2n) is 9.15. The van der Waals surface area contributed by atoms with Crippen LogP contribution in [0.4, 0.5) is 0 Å². The molecule has 37 heavy (non-hydrogen) atoms. The van der Waals surface area contributed by atoms with E-state index in [4.69, 9.17) is 4.74 Å². The second-order valence-corrected chi connectivity index (χ2v) is 9.15. The number of carbonyl (C=O) groups is 1. The molecule has 0 aliphatic rings. The smallest absolute Gasteiger partial charge is 0.185 e. The number of para-hydroxylation sites is 2. The molecule has 0 saturated heterocycles. The number of nitrogens with one attached hydrogen (secondary N) is 2. The predicted octanol–water partition coefficient (Wildman–Crippen LogP) is 5.22. The summed E-state index contributed by atoms with van der Waals surface area (Å²) in [4.78, 5) is 16.0. The van der Waals surface area contributed by atoms with Gasteiger partial charge in [0, 0.05) is 58.4 Å². The second kappa shape index (κ2) is 11.3. The number of rotatable bonds is 11. The van der Waals surface area contributed by atoms with Gasteiger partial charge in [-0.1, -0.05) is 36.4 Å². The Bertz CT molecular complexity index is 1530. The van der Waals surface area contributed by atoms with E-state index in [0.717, 1.165) is 40.7 Å². The molecule has 0 fully saturated rings. The third kappa shape index (κ3) is 5.66. The van der Waals surface area contributed by atoms with Gasteiger partial charge in [0.25, 0.3) is 0 Å². The number of ether oxygens (including phenoxy) is 1. The van der Waals surface area contributed by atoms with Crippen LogP contribution in [-0.2, 0) is 13.0 Å². The number of nitrogens with zero attached hydrogens (tertiary/aromatic N) is 1. The molecule has 2 heterocycles. The number of methoxy groups -OCH3 is 1. The fourth-order valence-corrected chi connectivity index (χ4v) is 4.70. The van der Waals surface area contributed by atoms with Crippen LogP contribution in [0.25, 0.3) is 27.9 Å². The molecule has 0 amide bonds. The highest BCUT2D eigenvalue weighted by Gasteiger charge is 2.11. The molecule has 6 heteroatoms. The average Bonchev–Trinajstić information content (AvgIpc) is 3.51. The number of carbonyl (C=O) groups excluding carboxylic acids is 1. The van der Waals surface area contributed by atoms with E-state index in [0.29, 0.717) is 18.7 Å². The van der Waals surface area contributed by atoms with E-state index in [2.05, 4.69) is 39.3 Å². The van der Waals surface area contributed by atoms with Crippen molar-refractivity contribution in [1.82, 2.24) is 14.9 Å². The summed E-state index contributed by atoms with van der Waals surface area (Å²) in [6.07, 6.45) is 7.84. The van der Waals surface area contributed by atoms with Crippen molar-refractivity contribution in [1.29, 1.82) is 0 Å². The molecule has 0 aliphatic heterocycles. The summed E-state index contributed by atoms with van der Waals surface area (Å²) < 4.78 is 7.22. The maximum Gasteiger partial charge on any atom is 0.185 e. The third-order valence-corrected chi connectivity index (χ3v) is 6.64. The fraction of sp³-hybridized carbons (Fsp3) is 0.194. The van der Waals surface area contributed by atoms with E-state index in [9.17, 15) is 9.90 Å². The number of hydrogen-bond acceptors (Lipinski definition) is 4. The minimum atomic E-state index is -0.545. The lowest BCUT2D eigenvalue weighted by Crippen LogP contribution is -2.31. The molecule has 6 nitrogen and oxygen atoms in total. The zero-order valence-corrected chi connectivity index (χ0v) is 20.9. The number of aliphatic hydroxyl groups is 1. The topological polar surface area (TPSA) is 79.3 Å². The Morgan fingerprint density at radius 3 is 2.62 bits per heavy atom. The Labute approximate surface area is 216 Å². The van der Waals surface area contributed by atoms with Crippen molar-refractivity contribution in [2.75, 3.05) is 20.2 Å². The maximum atomic E-state index is 12.7. The molecule has 0 aliphatic carbocycles. The van der Waals surface area contributed by atoms with Crippen molar-refractivity contribution < 1.29 is 14.6 Å². The first-order valence-corrected chi connectivity index (χ1v) is 12.5. The minimum Gasteiger partial charge on any atom is -0.497 e. The van der Waals surface area contributed by atoms with Crippen LogP contribution in [0.1, 0.15) is 21.5 Å². The number of ketones is 1. The van der Waals surface area contributed by atoms with E-state index >= 15 is 0 Å². The van der Waals surface area contributed by atoms with Gasteiger partial charge in [-0.15, -0.1) is 0 Å². The van der Waals surface area contributed by atoms with Crippen LogP contribution in [0.15, 0.2) is 91.3 Å². The van der Waals surface area contributed by atoms with Gasteiger partial charge in [0.15, 0.2) is 5.78 Å². The summed E-state index contributed by atoms with van der Waals surface area (Å²) >= 11 is 0. The highest BCUT2D eigenvalue weighted by molar-refractivity contribution is 6.07. The highest BCUT2D eigenvalue weighted by Crippen LogP contribution is 2.23. The van der Waals surface area contributed by atoms with Crippen molar-refractivity contribution in [3.8, 4) is 5.75 Å². The molecular weight excluding hydrogens is 462 g/mol. The molecule has 1 atom stereocenters. The molecule has 2 aromatic heterocycles. The molecule has 0 saturated carbocycles. The van der Waals surface area contributed by atoms with Gasteiger partial charge >= 0.3 is 0 Å². The molecule has 3 N–H and O–H groups in total. The van der Waals surface area contributed by atoms with E-state index in [-0.39, 0.29) is 5.78 Å². The lowest BCUT2D eigenvalue weighted by atomic mass is 10.1. The molecule has 3 aromatic carbocycles. The van der Waals surface area contributed by atoms with E-state index < -0.39 is 6.10 Å². The molecule has 0 bridgehead atoms. The van der Waals surface area contributed by atoms with Gasteiger partial charge in [0.1, 0.15) is 5.75 Å². The van der Waals surface area contributed by atoms with Crippen molar-refractivity contribution in [2.45, 2.75) is 19.1 Å². The van der Waals surface area contributed by atoms with Crippen LogP contribution in [-0.4, -0.2) is 46.7 Å². The Morgan fingerprint density at radius 1 is 1.05 bits per heavy atom. The first kappa shape index (κ1) is 24.6. The summed E-state index contributed by atoms with van der Waals surface area (Å²) in [5, 5.41) is 16.4. The van der Waals surface area contributed by atoms with E-state index in [1.807, 2.05) is 42.6 Å². The Kier molecular flexibility index (Phi) is 7.49. The standard InChI is InChI=1S/C31H31N3O3/c1-37-26-13-10-22(11-14-26)31(36)15-12-24-20-34(30-9-5-3-7-28(24)30)21-25(35)19-32-17-16-23-18-33-29-8-4-2-6-27(23)29/h2-15,18,20,25,32-33,35H,16-17,19,21H2,1H3/b15-12+/t25-/m1/s1. The first-order valence-electron chi connectivity index (χ1n) is 12.5. The molecule has 188 valence electrons. The van der Waals surface area contributed by atoms with Crippen molar-refractivity contribution in [2.24, 2.45) is 0 Å². The van der Waals surface area contributed by atoms with Crippen LogP contribution in [0.3, 0.4) is 0 Å². The lowest BCUT2D eigenvalue weighted by Gasteiger charge is -2.13. The minimum absolute atomic E-state index is 0.0704. The number of aliphatic hydroxyl groups excluding tert-OH is 1. The van der Waals surface area contributed by atoms with Crippen LogP contribution >= 0.6 is 0 Å². The molecule has 0 spiro atoms. The van der Waals surface area contributed by atoms with Gasteiger partial charge < -0.3 is 24.7 Å². The fourth-order valence-electron chi connectivity index (χ4n) is 4.70. The summed E-state index contributed by atoms with van der Waals surface area (Å²) in [6, 6.07) is 23.4. The van der Waals surface area contributed by atoms with Gasteiger partial charge in [-0.05, 0) is 67.1 Å². The largest absolute Gasteiger partial charge is 0.497 e. The number of allylic oxidation sites excluding steroid dienone is 1. The maximum absolute atomic E-state index is 12.7. The summed E-state index contributed by atoms with van der Waals surface area (Å²) in [5.74, 6) is 0.647. The summed E-state index contributed by atoms with van der Waals surface area (Å²) in [6.45, 7) is 1.74. The summed E-state index contributed by atoms with van der Waals surface area (Å²) in [5.41, 5.74) is 4.99. The van der Waals surface area contributed by atoms with Gasteiger partial charge in [0.2, 0.25) is 0 Å². The van der Waals surface area contributed by atoms with E-state index in [1.165, 1.54) is 10.9 Å². The molecular formula is C31H31N3O3. The summed E-state index contributed by atoms with van der Waals surface area (Å²) in [7, 11) is 1.60. The monoisotopic (exact) mass is 493 g/mol. The molecule has 5 aromatic rings. The number of aromatic nitrogens is 2. The number of aromatic amines is 1. The zero-order valence-electron chi connectivity index (χ0n) is 20.9. The number of hydrogen-bond donors (Lipinski definition) is 3.